The van der Waals surface area contributed by atoms with E-state index in [1.807, 2.05) is 24.3 Å². The molecule has 0 aromatic heterocycles. The number of carbonyl (C=O) groups is 1. The number of hydrogen-bond acceptors (Lipinski definition) is 3. The summed E-state index contributed by atoms with van der Waals surface area (Å²) in [5.74, 6) is 2.09. The lowest BCUT2D eigenvalue weighted by Gasteiger charge is -2.15. The fourth-order valence-electron chi connectivity index (χ4n) is 2.78. The van der Waals surface area contributed by atoms with Crippen molar-refractivity contribution in [3.05, 3.63) is 64.7 Å². The van der Waals surface area contributed by atoms with E-state index in [4.69, 9.17) is 16.3 Å². The van der Waals surface area contributed by atoms with E-state index in [1.54, 1.807) is 31.3 Å². The molecule has 1 aliphatic rings. The van der Waals surface area contributed by atoms with Gasteiger partial charge in [0.1, 0.15) is 5.75 Å². The molecular weight excluding hydrogens is 388 g/mol. The zero-order valence-corrected chi connectivity index (χ0v) is 17.3. The van der Waals surface area contributed by atoms with Crippen molar-refractivity contribution < 1.29 is 9.53 Å². The maximum atomic E-state index is 12.2. The van der Waals surface area contributed by atoms with Crippen LogP contribution in [0.1, 0.15) is 28.8 Å². The van der Waals surface area contributed by atoms with Gasteiger partial charge in [-0.3, -0.25) is 9.79 Å². The van der Waals surface area contributed by atoms with Gasteiger partial charge in [0.05, 0.1) is 17.2 Å². The van der Waals surface area contributed by atoms with Crippen LogP contribution in [-0.4, -0.2) is 38.6 Å². The van der Waals surface area contributed by atoms with Gasteiger partial charge >= 0.3 is 0 Å². The maximum absolute atomic E-state index is 12.2. The summed E-state index contributed by atoms with van der Waals surface area (Å²) in [6, 6.07) is 15.0. The summed E-state index contributed by atoms with van der Waals surface area (Å²) in [7, 11) is 1.72. The summed E-state index contributed by atoms with van der Waals surface area (Å²) in [5, 5.41) is 9.76. The van der Waals surface area contributed by atoms with Crippen molar-refractivity contribution in [2.24, 2.45) is 10.9 Å². The number of rotatable bonds is 9. The molecule has 0 bridgehead atoms. The fourth-order valence-corrected chi connectivity index (χ4v) is 3.00. The Kier molecular flexibility index (Phi) is 7.76. The van der Waals surface area contributed by atoms with Gasteiger partial charge in [-0.25, -0.2) is 0 Å². The Morgan fingerprint density at radius 3 is 2.55 bits per heavy atom. The molecule has 3 rings (SSSR count). The fraction of sp³-hybridized carbons (Fsp3) is 0.364. The number of aliphatic imine (C=N–C) groups is 1. The van der Waals surface area contributed by atoms with Gasteiger partial charge in [-0.1, -0.05) is 41.9 Å². The van der Waals surface area contributed by atoms with Crippen LogP contribution in [0.25, 0.3) is 0 Å². The monoisotopic (exact) mass is 414 g/mol. The second kappa shape index (κ2) is 10.7. The molecule has 1 amide bonds. The number of para-hydroxylation sites is 1. The zero-order valence-electron chi connectivity index (χ0n) is 16.6. The van der Waals surface area contributed by atoms with E-state index in [2.05, 4.69) is 20.9 Å². The van der Waals surface area contributed by atoms with Crippen LogP contribution >= 0.6 is 11.6 Å². The summed E-state index contributed by atoms with van der Waals surface area (Å²) in [6.07, 6.45) is 2.54. The lowest BCUT2D eigenvalue weighted by molar-refractivity contribution is 0.0954. The van der Waals surface area contributed by atoms with Crippen LogP contribution in [0, 0.1) is 5.92 Å². The molecule has 2 aromatic rings. The highest BCUT2D eigenvalue weighted by atomic mass is 35.5. The first-order valence-corrected chi connectivity index (χ1v) is 10.2. The Hall–Kier alpha value is -2.73. The van der Waals surface area contributed by atoms with Crippen LogP contribution in [0.2, 0.25) is 5.02 Å². The topological polar surface area (TPSA) is 74.8 Å². The average molecular weight is 415 g/mol. The Morgan fingerprint density at radius 2 is 1.79 bits per heavy atom. The summed E-state index contributed by atoms with van der Waals surface area (Å²) < 4.78 is 5.95. The second-order valence-corrected chi connectivity index (χ2v) is 7.36. The van der Waals surface area contributed by atoms with Crippen LogP contribution in [0.4, 0.5) is 0 Å². The molecule has 0 aliphatic heterocycles. The third-order valence-corrected chi connectivity index (χ3v) is 4.97. The predicted octanol–water partition coefficient (Wildman–Crippen LogP) is 3.22. The van der Waals surface area contributed by atoms with Crippen molar-refractivity contribution in [1.82, 2.24) is 16.0 Å². The third-order valence-electron chi connectivity index (χ3n) is 4.64. The molecule has 2 aromatic carbocycles. The number of amides is 1. The lowest BCUT2D eigenvalue weighted by atomic mass is 10.2. The molecule has 0 heterocycles. The van der Waals surface area contributed by atoms with E-state index in [-0.39, 0.29) is 5.91 Å². The van der Waals surface area contributed by atoms with Crippen molar-refractivity contribution in [3.8, 4) is 5.75 Å². The van der Waals surface area contributed by atoms with Crippen molar-refractivity contribution in [2.75, 3.05) is 26.7 Å². The Labute approximate surface area is 176 Å². The number of guanidine groups is 1. The average Bonchev–Trinajstić information content (AvgIpc) is 3.57. The molecule has 3 N–H and O–H groups in total. The van der Waals surface area contributed by atoms with Crippen LogP contribution in [0.5, 0.6) is 5.75 Å². The van der Waals surface area contributed by atoms with Gasteiger partial charge in [0, 0.05) is 32.2 Å². The number of hydrogen-bond donors (Lipinski definition) is 3. The molecule has 0 atom stereocenters. The molecule has 1 fully saturated rings. The van der Waals surface area contributed by atoms with Gasteiger partial charge in [0.2, 0.25) is 0 Å². The number of carbonyl (C=O) groups excluding carboxylic acids is 1. The highest BCUT2D eigenvalue weighted by Crippen LogP contribution is 2.30. The van der Waals surface area contributed by atoms with Crippen LogP contribution in [-0.2, 0) is 6.54 Å². The van der Waals surface area contributed by atoms with Crippen molar-refractivity contribution in [2.45, 2.75) is 19.4 Å². The van der Waals surface area contributed by atoms with Crippen LogP contribution in [0.15, 0.2) is 53.5 Å². The summed E-state index contributed by atoms with van der Waals surface area (Å²) in [6.45, 7) is 2.38. The standard InChI is InChI=1S/C22H27ClN4O2/c1-24-22(26-13-12-25-21(28)18-7-3-4-8-19(18)23)27-14-17-6-2-5-9-20(17)29-15-16-10-11-16/h2-9,16H,10-15H2,1H3,(H,25,28)(H2,24,26,27). The molecule has 0 spiro atoms. The third kappa shape index (κ3) is 6.68. The van der Waals surface area contributed by atoms with Gasteiger partial charge < -0.3 is 20.7 Å². The van der Waals surface area contributed by atoms with E-state index in [1.165, 1.54) is 12.8 Å². The highest BCUT2D eigenvalue weighted by molar-refractivity contribution is 6.33. The molecule has 0 saturated heterocycles. The molecular formula is C22H27ClN4O2. The Morgan fingerprint density at radius 1 is 1.07 bits per heavy atom. The van der Waals surface area contributed by atoms with Gasteiger partial charge in [-0.2, -0.15) is 0 Å². The largest absolute Gasteiger partial charge is 0.493 e. The maximum Gasteiger partial charge on any atom is 0.252 e. The van der Waals surface area contributed by atoms with E-state index in [0.717, 1.165) is 17.9 Å². The molecule has 7 heteroatoms. The second-order valence-electron chi connectivity index (χ2n) is 6.95. The van der Waals surface area contributed by atoms with Crippen molar-refractivity contribution in [1.29, 1.82) is 0 Å². The first-order chi connectivity index (χ1) is 14.2. The quantitative estimate of drug-likeness (QED) is 0.334. The normalized spacial score (nSPS) is 13.7. The van der Waals surface area contributed by atoms with Gasteiger partial charge in [-0.15, -0.1) is 0 Å². The number of nitrogens with zero attached hydrogens (tertiary/aromatic N) is 1. The van der Waals surface area contributed by atoms with Crippen molar-refractivity contribution >= 4 is 23.5 Å². The van der Waals surface area contributed by atoms with Crippen LogP contribution < -0.4 is 20.7 Å². The molecule has 0 radical (unpaired) electrons. The predicted molar refractivity (Wildman–Crippen MR) is 117 cm³/mol. The zero-order chi connectivity index (χ0) is 20.5. The Balaban J connectivity index is 1.41. The van der Waals surface area contributed by atoms with Gasteiger partial charge in [0.15, 0.2) is 5.96 Å². The number of nitrogens with one attached hydrogen (secondary N) is 3. The van der Waals surface area contributed by atoms with E-state index < -0.39 is 0 Å². The number of halogens is 1. The first kappa shape index (κ1) is 21.0. The molecule has 29 heavy (non-hydrogen) atoms. The van der Waals surface area contributed by atoms with E-state index >= 15 is 0 Å². The summed E-state index contributed by atoms with van der Waals surface area (Å²) in [5.41, 5.74) is 1.56. The van der Waals surface area contributed by atoms with E-state index in [0.29, 0.717) is 42.1 Å². The Bertz CT molecular complexity index is 852. The van der Waals surface area contributed by atoms with Gasteiger partial charge in [-0.05, 0) is 37.0 Å². The number of benzene rings is 2. The summed E-state index contributed by atoms with van der Waals surface area (Å²) in [4.78, 5) is 16.4. The smallest absolute Gasteiger partial charge is 0.252 e. The lowest BCUT2D eigenvalue weighted by Crippen LogP contribution is -2.41. The van der Waals surface area contributed by atoms with Crippen LogP contribution in [0.3, 0.4) is 0 Å². The molecule has 0 unspecified atom stereocenters. The molecule has 1 saturated carbocycles. The minimum atomic E-state index is -0.193. The van der Waals surface area contributed by atoms with E-state index in [9.17, 15) is 4.79 Å². The SMILES string of the molecule is CN=C(NCCNC(=O)c1ccccc1Cl)NCc1ccccc1OCC1CC1. The first-order valence-electron chi connectivity index (χ1n) is 9.85. The molecule has 1 aliphatic carbocycles. The van der Waals surface area contributed by atoms with Crippen molar-refractivity contribution in [3.63, 3.8) is 0 Å². The minimum Gasteiger partial charge on any atom is -0.493 e. The van der Waals surface area contributed by atoms with Gasteiger partial charge in [0.25, 0.3) is 5.91 Å². The summed E-state index contributed by atoms with van der Waals surface area (Å²) >= 11 is 6.04. The molecule has 6 nitrogen and oxygen atoms in total. The minimum absolute atomic E-state index is 0.193. The molecule has 154 valence electrons. The number of ether oxygens (including phenoxy) is 1. The highest BCUT2D eigenvalue weighted by Gasteiger charge is 2.22.